The molecule has 0 bridgehead atoms. The van der Waals surface area contributed by atoms with E-state index in [0.29, 0.717) is 16.7 Å². The van der Waals surface area contributed by atoms with Crippen LogP contribution in [0, 0.1) is 5.82 Å². The lowest BCUT2D eigenvalue weighted by molar-refractivity contribution is 0.474. The van der Waals surface area contributed by atoms with Gasteiger partial charge in [0, 0.05) is 29.9 Å². The number of hydrogen-bond donors (Lipinski definition) is 2. The highest BCUT2D eigenvalue weighted by atomic mass is 19.1. The van der Waals surface area contributed by atoms with Crippen LogP contribution in [0.25, 0.3) is 27.6 Å². The predicted molar refractivity (Wildman–Crippen MR) is 113 cm³/mol. The van der Waals surface area contributed by atoms with Gasteiger partial charge in [-0.05, 0) is 36.1 Å². The summed E-state index contributed by atoms with van der Waals surface area (Å²) >= 11 is 0. The van der Waals surface area contributed by atoms with E-state index in [0.717, 1.165) is 35.6 Å². The van der Waals surface area contributed by atoms with Gasteiger partial charge in [0.15, 0.2) is 0 Å². The number of phenols is 1. The Kier molecular flexibility index (Phi) is 3.44. The van der Waals surface area contributed by atoms with E-state index in [1.54, 1.807) is 12.3 Å². The average molecular weight is 399 g/mol. The molecule has 3 N–H and O–H groups in total. The third-order valence-electron chi connectivity index (χ3n) is 6.03. The van der Waals surface area contributed by atoms with Gasteiger partial charge in [-0.15, -0.1) is 0 Å². The zero-order chi connectivity index (χ0) is 20.4. The minimum absolute atomic E-state index is 0.125. The molecule has 0 saturated heterocycles. The number of nitrogens with zero attached hydrogens (tertiary/aromatic N) is 4. The Hall–Kier alpha value is -3.87. The first-order chi connectivity index (χ1) is 14.6. The number of rotatable bonds is 2. The van der Waals surface area contributed by atoms with Crippen LogP contribution in [0.15, 0.2) is 61.2 Å². The maximum Gasteiger partial charge on any atom is 0.147 e. The molecule has 2 aromatic carbocycles. The van der Waals surface area contributed by atoms with Crippen LogP contribution >= 0.6 is 0 Å². The summed E-state index contributed by atoms with van der Waals surface area (Å²) in [4.78, 5) is 8.72. The van der Waals surface area contributed by atoms with Crippen LogP contribution in [0.2, 0.25) is 0 Å². The largest absolute Gasteiger partial charge is 0.506 e. The molecule has 0 unspecified atom stereocenters. The highest BCUT2D eigenvalue weighted by Crippen LogP contribution is 2.38. The summed E-state index contributed by atoms with van der Waals surface area (Å²) in [6, 6.07) is 13.0. The molecule has 5 aromatic rings. The number of phenolic OH excluding ortho intramolecular Hbond substituents is 1. The molecule has 0 aliphatic heterocycles. The minimum atomic E-state index is -0.480. The van der Waals surface area contributed by atoms with E-state index < -0.39 is 5.82 Å². The van der Waals surface area contributed by atoms with Crippen molar-refractivity contribution in [3.8, 4) is 11.4 Å². The number of anilines is 1. The van der Waals surface area contributed by atoms with E-state index in [1.165, 1.54) is 23.5 Å². The van der Waals surface area contributed by atoms with Gasteiger partial charge < -0.3 is 20.0 Å². The molecule has 0 saturated carbocycles. The quantitative estimate of drug-likeness (QED) is 0.467. The summed E-state index contributed by atoms with van der Waals surface area (Å²) in [5, 5.41) is 11.8. The van der Waals surface area contributed by atoms with Crippen LogP contribution in [-0.4, -0.2) is 24.2 Å². The minimum Gasteiger partial charge on any atom is -0.506 e. The fourth-order valence-corrected chi connectivity index (χ4v) is 4.71. The van der Waals surface area contributed by atoms with Gasteiger partial charge in [0.05, 0.1) is 16.6 Å². The molecule has 6 rings (SSSR count). The first-order valence-electron chi connectivity index (χ1n) is 9.78. The third-order valence-corrected chi connectivity index (χ3v) is 6.03. The van der Waals surface area contributed by atoms with Crippen molar-refractivity contribution in [3.63, 3.8) is 0 Å². The van der Waals surface area contributed by atoms with Crippen LogP contribution in [0.1, 0.15) is 17.2 Å². The smallest absolute Gasteiger partial charge is 0.147 e. The maximum absolute atomic E-state index is 13.8. The highest BCUT2D eigenvalue weighted by molar-refractivity contribution is 5.97. The summed E-state index contributed by atoms with van der Waals surface area (Å²) in [6.07, 6.45) is 7.10. The number of aromatic nitrogens is 4. The second kappa shape index (κ2) is 6.06. The molecule has 0 atom stereocenters. The van der Waals surface area contributed by atoms with Crippen LogP contribution in [0.3, 0.4) is 0 Å². The second-order valence-corrected chi connectivity index (χ2v) is 7.76. The van der Waals surface area contributed by atoms with Gasteiger partial charge in [-0.1, -0.05) is 24.3 Å². The van der Waals surface area contributed by atoms with Crippen molar-refractivity contribution in [1.29, 1.82) is 0 Å². The average Bonchev–Trinajstić information content (AvgIpc) is 3.42. The Labute approximate surface area is 171 Å². The number of fused-ring (bicyclic) bond motifs is 3. The van der Waals surface area contributed by atoms with Gasteiger partial charge in [0.25, 0.3) is 0 Å². The molecule has 1 aliphatic rings. The standard InChI is InChI=1S/C23H18FN5O/c24-16-7-15-5-6-28(21(15)19(30)10-16)18-11-29(23-20(18)22(25)26-12-27-23)17-8-13-3-1-2-4-14(13)9-17/h1-7,10-12,17,30H,8-9H2,(H2,25,26,27). The Bertz CT molecular complexity index is 1430. The van der Waals surface area contributed by atoms with Crippen molar-refractivity contribution in [2.45, 2.75) is 18.9 Å². The number of nitrogens with two attached hydrogens (primary N) is 1. The van der Waals surface area contributed by atoms with Gasteiger partial charge in [-0.25, -0.2) is 14.4 Å². The molecule has 6 nitrogen and oxygen atoms in total. The van der Waals surface area contributed by atoms with E-state index in [1.807, 2.05) is 10.8 Å². The second-order valence-electron chi connectivity index (χ2n) is 7.76. The lowest BCUT2D eigenvalue weighted by Gasteiger charge is -2.12. The van der Waals surface area contributed by atoms with Crippen molar-refractivity contribution in [2.24, 2.45) is 0 Å². The molecule has 3 aromatic heterocycles. The van der Waals surface area contributed by atoms with E-state index in [-0.39, 0.29) is 11.8 Å². The molecule has 148 valence electrons. The van der Waals surface area contributed by atoms with Crippen molar-refractivity contribution in [1.82, 2.24) is 19.1 Å². The molecule has 0 spiro atoms. The molecular formula is C23H18FN5O. The van der Waals surface area contributed by atoms with E-state index >= 15 is 0 Å². The van der Waals surface area contributed by atoms with Crippen molar-refractivity contribution >= 4 is 27.8 Å². The van der Waals surface area contributed by atoms with Crippen LogP contribution in [0.4, 0.5) is 10.2 Å². The molecule has 0 amide bonds. The summed E-state index contributed by atoms with van der Waals surface area (Å²) in [6.45, 7) is 0. The summed E-state index contributed by atoms with van der Waals surface area (Å²) in [7, 11) is 0. The fraction of sp³-hybridized carbons (Fsp3) is 0.130. The Morgan fingerprint density at radius 3 is 2.60 bits per heavy atom. The Morgan fingerprint density at radius 2 is 1.83 bits per heavy atom. The zero-order valence-electron chi connectivity index (χ0n) is 16.0. The number of benzene rings is 2. The monoisotopic (exact) mass is 399 g/mol. The van der Waals surface area contributed by atoms with Crippen LogP contribution < -0.4 is 5.73 Å². The number of aromatic hydroxyl groups is 1. The SMILES string of the molecule is Nc1ncnc2c1c(-n1ccc3cc(F)cc(O)c31)cn2C1Cc2ccccc2C1. The van der Waals surface area contributed by atoms with Crippen molar-refractivity contribution < 1.29 is 9.50 Å². The molecule has 0 radical (unpaired) electrons. The highest BCUT2D eigenvalue weighted by Gasteiger charge is 2.26. The number of halogens is 1. The summed E-state index contributed by atoms with van der Waals surface area (Å²) in [5.74, 6) is -0.237. The maximum atomic E-state index is 13.8. The molecule has 30 heavy (non-hydrogen) atoms. The van der Waals surface area contributed by atoms with Gasteiger partial charge in [0.2, 0.25) is 0 Å². The Balaban J connectivity index is 1.59. The van der Waals surface area contributed by atoms with Gasteiger partial charge in [0.1, 0.15) is 29.4 Å². The number of nitrogen functional groups attached to an aromatic ring is 1. The third kappa shape index (κ3) is 2.35. The molecule has 7 heteroatoms. The van der Waals surface area contributed by atoms with Gasteiger partial charge in [-0.2, -0.15) is 0 Å². The fourth-order valence-electron chi connectivity index (χ4n) is 4.71. The van der Waals surface area contributed by atoms with Crippen molar-refractivity contribution in [2.75, 3.05) is 5.73 Å². The molecular weight excluding hydrogens is 381 g/mol. The van der Waals surface area contributed by atoms with Crippen LogP contribution in [0.5, 0.6) is 5.75 Å². The number of hydrogen-bond acceptors (Lipinski definition) is 4. The first kappa shape index (κ1) is 17.0. The van der Waals surface area contributed by atoms with Gasteiger partial charge in [-0.3, -0.25) is 0 Å². The topological polar surface area (TPSA) is 81.9 Å². The lowest BCUT2D eigenvalue weighted by atomic mass is 10.1. The normalized spacial score (nSPS) is 14.0. The lowest BCUT2D eigenvalue weighted by Crippen LogP contribution is -2.08. The van der Waals surface area contributed by atoms with E-state index in [9.17, 15) is 9.50 Å². The molecule has 1 aliphatic carbocycles. The van der Waals surface area contributed by atoms with Crippen molar-refractivity contribution in [3.05, 3.63) is 78.1 Å². The first-order valence-corrected chi connectivity index (χ1v) is 9.78. The van der Waals surface area contributed by atoms with Crippen LogP contribution in [-0.2, 0) is 12.8 Å². The predicted octanol–water partition coefficient (Wildman–Crippen LogP) is 4.14. The molecule has 3 heterocycles. The van der Waals surface area contributed by atoms with E-state index in [4.69, 9.17) is 5.73 Å². The van der Waals surface area contributed by atoms with Gasteiger partial charge >= 0.3 is 0 Å². The summed E-state index contributed by atoms with van der Waals surface area (Å²) in [5.41, 5.74) is 11.0. The zero-order valence-corrected chi connectivity index (χ0v) is 16.0. The summed E-state index contributed by atoms with van der Waals surface area (Å²) < 4.78 is 17.7. The Morgan fingerprint density at radius 1 is 1.07 bits per heavy atom. The molecule has 0 fully saturated rings. The van der Waals surface area contributed by atoms with E-state index in [2.05, 4.69) is 38.8 Å².